The molecule has 1 heterocycles. The summed E-state index contributed by atoms with van der Waals surface area (Å²) in [4.78, 5) is 12.3. The molecule has 0 unspecified atom stereocenters. The van der Waals surface area contributed by atoms with Crippen LogP contribution in [0.15, 0.2) is 0 Å². The second kappa shape index (κ2) is 10.5. The molecule has 1 saturated heterocycles. The molecule has 2 nitrogen and oxygen atoms in total. The van der Waals surface area contributed by atoms with E-state index in [1.54, 1.807) is 4.90 Å². The monoisotopic (exact) mass is 173 g/mol. The number of nitrogens with zero attached hydrogens (tertiary/aromatic N) is 1. The van der Waals surface area contributed by atoms with Crippen molar-refractivity contribution in [2.45, 2.75) is 47.0 Å². The van der Waals surface area contributed by atoms with Gasteiger partial charge in [0.25, 0.3) is 0 Å². The van der Waals surface area contributed by atoms with Crippen LogP contribution < -0.4 is 0 Å². The summed E-state index contributed by atoms with van der Waals surface area (Å²) in [5.74, 6) is 0.292. The van der Waals surface area contributed by atoms with Crippen LogP contribution in [0.1, 0.15) is 47.0 Å². The highest BCUT2D eigenvalue weighted by Gasteiger charge is 2.14. The fourth-order valence-electron chi connectivity index (χ4n) is 0.783. The van der Waals surface area contributed by atoms with E-state index < -0.39 is 0 Å². The van der Waals surface area contributed by atoms with Gasteiger partial charge >= 0.3 is 0 Å². The molecule has 0 aromatic rings. The summed E-state index contributed by atoms with van der Waals surface area (Å²) in [6, 6.07) is 0. The van der Waals surface area contributed by atoms with Gasteiger partial charge in [-0.05, 0) is 6.42 Å². The van der Waals surface area contributed by atoms with E-state index in [1.807, 2.05) is 20.9 Å². The summed E-state index contributed by atoms with van der Waals surface area (Å²) in [7, 11) is 1.84. The topological polar surface area (TPSA) is 20.3 Å². The summed E-state index contributed by atoms with van der Waals surface area (Å²) < 4.78 is 0. The van der Waals surface area contributed by atoms with E-state index in [9.17, 15) is 4.79 Å². The zero-order valence-corrected chi connectivity index (χ0v) is 9.18. The number of hydrogen-bond donors (Lipinski definition) is 0. The van der Waals surface area contributed by atoms with E-state index in [0.29, 0.717) is 5.91 Å². The van der Waals surface area contributed by atoms with Crippen LogP contribution in [-0.2, 0) is 4.79 Å². The highest BCUT2D eigenvalue weighted by atomic mass is 16.2. The molecule has 2 heteroatoms. The van der Waals surface area contributed by atoms with E-state index >= 15 is 0 Å². The second-order valence-electron chi connectivity index (χ2n) is 2.63. The molecule has 74 valence electrons. The van der Waals surface area contributed by atoms with Crippen molar-refractivity contribution in [1.29, 1.82) is 0 Å². The molecule has 1 aliphatic rings. The molecule has 1 rings (SSSR count). The normalized spacial score (nSPS) is 14.4. The third-order valence-electron chi connectivity index (χ3n) is 1.31. The number of carbonyl (C=O) groups is 1. The zero-order chi connectivity index (χ0) is 9.98. The van der Waals surface area contributed by atoms with Gasteiger partial charge in [-0.25, -0.2) is 0 Å². The van der Waals surface area contributed by atoms with E-state index in [-0.39, 0.29) is 0 Å². The molecule has 0 radical (unpaired) electrons. The fourth-order valence-corrected chi connectivity index (χ4v) is 0.783. The zero-order valence-electron chi connectivity index (χ0n) is 9.18. The third kappa shape index (κ3) is 7.58. The molecule has 1 aliphatic heterocycles. The Morgan fingerprint density at radius 2 is 1.75 bits per heavy atom. The predicted molar refractivity (Wildman–Crippen MR) is 54.2 cm³/mol. The lowest BCUT2D eigenvalue weighted by Crippen LogP contribution is -2.17. The van der Waals surface area contributed by atoms with Crippen LogP contribution in [-0.4, -0.2) is 24.4 Å². The van der Waals surface area contributed by atoms with Gasteiger partial charge in [0, 0.05) is 20.0 Å². The second-order valence-corrected chi connectivity index (χ2v) is 2.63. The highest BCUT2D eigenvalue weighted by molar-refractivity contribution is 5.77. The summed E-state index contributed by atoms with van der Waals surface area (Å²) in [6.07, 6.45) is 3.06. The molecular formula is C10H23NO. The molecule has 0 aromatic heterocycles. The molecule has 0 aliphatic carbocycles. The van der Waals surface area contributed by atoms with Crippen LogP contribution in [0, 0.1) is 0 Å². The number of amides is 1. The lowest BCUT2D eigenvalue weighted by atomic mass is 10.4. The number of carbonyl (C=O) groups excluding carboxylic acids is 1. The highest BCUT2D eigenvalue weighted by Crippen LogP contribution is 2.04. The van der Waals surface area contributed by atoms with Gasteiger partial charge in [0.2, 0.25) is 5.91 Å². The Morgan fingerprint density at radius 1 is 1.33 bits per heavy atom. The van der Waals surface area contributed by atoms with Gasteiger partial charge in [0.05, 0.1) is 0 Å². The maximum Gasteiger partial charge on any atom is 0.222 e. The molecule has 0 saturated carbocycles. The maximum atomic E-state index is 10.5. The van der Waals surface area contributed by atoms with Gasteiger partial charge in [-0.2, -0.15) is 0 Å². The van der Waals surface area contributed by atoms with E-state index in [0.717, 1.165) is 19.4 Å². The van der Waals surface area contributed by atoms with Gasteiger partial charge in [0.15, 0.2) is 0 Å². The quantitative estimate of drug-likeness (QED) is 0.551. The summed E-state index contributed by atoms with van der Waals surface area (Å²) in [5, 5.41) is 0. The van der Waals surface area contributed by atoms with Gasteiger partial charge < -0.3 is 4.90 Å². The largest absolute Gasteiger partial charge is 0.346 e. The minimum atomic E-state index is 0.292. The van der Waals surface area contributed by atoms with Crippen molar-refractivity contribution in [3.8, 4) is 0 Å². The summed E-state index contributed by atoms with van der Waals surface area (Å²) >= 11 is 0. The molecule has 0 atom stereocenters. The molecule has 0 bridgehead atoms. The molecule has 1 fully saturated rings. The minimum Gasteiger partial charge on any atom is -0.346 e. The van der Waals surface area contributed by atoms with Crippen LogP contribution >= 0.6 is 0 Å². The van der Waals surface area contributed by atoms with Crippen molar-refractivity contribution in [3.63, 3.8) is 0 Å². The Kier molecular flexibility index (Phi) is 12.2. The van der Waals surface area contributed by atoms with Crippen LogP contribution in [0.25, 0.3) is 0 Å². The SMILES string of the molecule is CC.CCC.CN1CCCC1=O. The van der Waals surface area contributed by atoms with Gasteiger partial charge in [-0.3, -0.25) is 4.79 Å². The smallest absolute Gasteiger partial charge is 0.222 e. The first-order valence-electron chi connectivity index (χ1n) is 4.96. The van der Waals surface area contributed by atoms with Crippen LogP contribution in [0.2, 0.25) is 0 Å². The molecule has 1 amide bonds. The minimum absolute atomic E-state index is 0.292. The van der Waals surface area contributed by atoms with Crippen molar-refractivity contribution in [3.05, 3.63) is 0 Å². The average Bonchev–Trinajstić information content (AvgIpc) is 2.42. The summed E-state index contributed by atoms with van der Waals surface area (Å²) in [5.41, 5.74) is 0. The van der Waals surface area contributed by atoms with Crippen LogP contribution in [0.5, 0.6) is 0 Å². The number of likely N-dealkylation sites (tertiary alicyclic amines) is 1. The van der Waals surface area contributed by atoms with E-state index in [2.05, 4.69) is 13.8 Å². The van der Waals surface area contributed by atoms with Crippen molar-refractivity contribution in [2.75, 3.05) is 13.6 Å². The Labute approximate surface area is 77.0 Å². The fraction of sp³-hybridized carbons (Fsp3) is 0.900. The predicted octanol–water partition coefficient (Wildman–Crippen LogP) is 2.68. The maximum absolute atomic E-state index is 10.5. The Bertz CT molecular complexity index is 102. The number of hydrogen-bond acceptors (Lipinski definition) is 1. The van der Waals surface area contributed by atoms with Gasteiger partial charge in [0.1, 0.15) is 0 Å². The Hall–Kier alpha value is -0.530. The van der Waals surface area contributed by atoms with Gasteiger partial charge in [-0.1, -0.05) is 34.1 Å². The Balaban J connectivity index is 0. The first-order valence-corrected chi connectivity index (χ1v) is 4.96. The van der Waals surface area contributed by atoms with Crippen LogP contribution in [0.4, 0.5) is 0 Å². The number of rotatable bonds is 0. The summed E-state index contributed by atoms with van der Waals surface area (Å²) in [6.45, 7) is 9.21. The standard InChI is InChI=1S/C5H9NO.C3H8.C2H6/c1-6-4-2-3-5(6)7;1-3-2;1-2/h2-4H2,1H3;3H2,1-2H3;1-2H3. The van der Waals surface area contributed by atoms with Crippen molar-refractivity contribution in [1.82, 2.24) is 4.90 Å². The lowest BCUT2D eigenvalue weighted by Gasteiger charge is -2.03. The Morgan fingerprint density at radius 3 is 1.83 bits per heavy atom. The van der Waals surface area contributed by atoms with E-state index in [4.69, 9.17) is 0 Å². The average molecular weight is 173 g/mol. The first-order chi connectivity index (χ1) is 5.72. The molecule has 0 aromatic carbocycles. The van der Waals surface area contributed by atoms with Gasteiger partial charge in [-0.15, -0.1) is 0 Å². The molecule has 12 heavy (non-hydrogen) atoms. The third-order valence-corrected chi connectivity index (χ3v) is 1.31. The van der Waals surface area contributed by atoms with Crippen molar-refractivity contribution >= 4 is 5.91 Å². The first kappa shape index (κ1) is 14.0. The van der Waals surface area contributed by atoms with Crippen molar-refractivity contribution in [2.24, 2.45) is 0 Å². The van der Waals surface area contributed by atoms with Crippen LogP contribution in [0.3, 0.4) is 0 Å². The van der Waals surface area contributed by atoms with Crippen molar-refractivity contribution < 1.29 is 4.79 Å². The molecule has 0 spiro atoms. The molecule has 0 N–H and O–H groups in total. The molecular weight excluding hydrogens is 150 g/mol. The lowest BCUT2D eigenvalue weighted by molar-refractivity contribution is -0.126. The van der Waals surface area contributed by atoms with E-state index in [1.165, 1.54) is 6.42 Å².